The Morgan fingerprint density at radius 1 is 0.600 bits per heavy atom. The van der Waals surface area contributed by atoms with Crippen LogP contribution in [-0.2, 0) is 17.3 Å². The zero-order valence-electron chi connectivity index (χ0n) is 16.2. The van der Waals surface area contributed by atoms with Crippen LogP contribution in [0, 0.1) is 0 Å². The summed E-state index contributed by atoms with van der Waals surface area (Å²) in [5.74, 6) is 0. The van der Waals surface area contributed by atoms with E-state index in [9.17, 15) is 0 Å². The van der Waals surface area contributed by atoms with Gasteiger partial charge >= 0.3 is 0 Å². The molecule has 0 heteroatoms. The number of rotatable bonds is 0. The standard InChI is InChI=1S/C25H26/c1-14-12-24(3,4)22-8-16-7-17-9-23-19(15(2)13-25(23,5)6)11-21(17)20(16)10-18(14)22/h8-13H,7H2,1-6H3. The molecule has 0 saturated heterocycles. The molecule has 0 saturated carbocycles. The molecule has 126 valence electrons. The molecule has 0 aliphatic heterocycles. The van der Waals surface area contributed by atoms with Gasteiger partial charge in [-0.05, 0) is 88.1 Å². The topological polar surface area (TPSA) is 0 Å². The Morgan fingerprint density at radius 3 is 1.40 bits per heavy atom. The Bertz CT molecular complexity index is 939. The Hall–Kier alpha value is -2.08. The molecule has 0 bridgehead atoms. The summed E-state index contributed by atoms with van der Waals surface area (Å²) >= 11 is 0. The predicted molar refractivity (Wildman–Crippen MR) is 108 cm³/mol. The van der Waals surface area contributed by atoms with Gasteiger partial charge in [0, 0.05) is 10.8 Å². The lowest BCUT2D eigenvalue weighted by atomic mass is 9.84. The van der Waals surface area contributed by atoms with Crippen LogP contribution in [0.2, 0.25) is 0 Å². The van der Waals surface area contributed by atoms with E-state index in [1.165, 1.54) is 55.7 Å². The Labute approximate surface area is 151 Å². The second-order valence-electron chi connectivity index (χ2n) is 9.38. The molecule has 0 spiro atoms. The first-order valence-electron chi connectivity index (χ1n) is 9.42. The zero-order valence-corrected chi connectivity index (χ0v) is 16.2. The van der Waals surface area contributed by atoms with Crippen molar-refractivity contribution in [3.8, 4) is 11.1 Å². The van der Waals surface area contributed by atoms with Crippen LogP contribution >= 0.6 is 0 Å². The average Bonchev–Trinajstić information content (AvgIpc) is 3.06. The maximum absolute atomic E-state index is 2.48. The van der Waals surface area contributed by atoms with E-state index >= 15 is 0 Å². The minimum absolute atomic E-state index is 0.159. The Balaban J connectivity index is 1.73. The van der Waals surface area contributed by atoms with Crippen molar-refractivity contribution in [1.82, 2.24) is 0 Å². The van der Waals surface area contributed by atoms with E-state index in [2.05, 4.69) is 78.0 Å². The highest BCUT2D eigenvalue weighted by Crippen LogP contribution is 2.49. The van der Waals surface area contributed by atoms with Gasteiger partial charge in [0.1, 0.15) is 0 Å². The third kappa shape index (κ3) is 1.89. The smallest absolute Gasteiger partial charge is 0.00873 e. The molecule has 2 aromatic carbocycles. The number of hydrogen-bond donors (Lipinski definition) is 0. The predicted octanol–water partition coefficient (Wildman–Crippen LogP) is 6.65. The molecule has 0 atom stereocenters. The molecule has 25 heavy (non-hydrogen) atoms. The van der Waals surface area contributed by atoms with Gasteiger partial charge in [-0.2, -0.15) is 0 Å². The second-order valence-corrected chi connectivity index (χ2v) is 9.38. The van der Waals surface area contributed by atoms with Gasteiger partial charge in [-0.25, -0.2) is 0 Å². The molecule has 0 radical (unpaired) electrons. The summed E-state index contributed by atoms with van der Waals surface area (Å²) in [6.07, 6.45) is 5.92. The highest BCUT2D eigenvalue weighted by atomic mass is 14.4. The molecule has 0 fully saturated rings. The lowest BCUT2D eigenvalue weighted by Crippen LogP contribution is -2.11. The van der Waals surface area contributed by atoms with Crippen molar-refractivity contribution in [3.63, 3.8) is 0 Å². The lowest BCUT2D eigenvalue weighted by Gasteiger charge is -2.19. The van der Waals surface area contributed by atoms with Gasteiger partial charge in [-0.15, -0.1) is 0 Å². The summed E-state index contributed by atoms with van der Waals surface area (Å²) in [5, 5.41) is 0. The third-order valence-electron chi connectivity index (χ3n) is 6.55. The van der Waals surface area contributed by atoms with Gasteiger partial charge < -0.3 is 0 Å². The number of hydrogen-bond acceptors (Lipinski definition) is 0. The summed E-state index contributed by atoms with van der Waals surface area (Å²) in [5.41, 5.74) is 15.0. The third-order valence-corrected chi connectivity index (χ3v) is 6.55. The van der Waals surface area contributed by atoms with Crippen LogP contribution in [0.1, 0.15) is 74.9 Å². The van der Waals surface area contributed by atoms with Gasteiger partial charge in [-0.1, -0.05) is 52.0 Å². The minimum atomic E-state index is 0.159. The zero-order chi connectivity index (χ0) is 17.7. The second kappa shape index (κ2) is 4.36. The molecule has 3 aliphatic carbocycles. The highest BCUT2D eigenvalue weighted by molar-refractivity contribution is 5.88. The monoisotopic (exact) mass is 326 g/mol. The number of fused-ring (bicyclic) bond motifs is 5. The van der Waals surface area contributed by atoms with Crippen molar-refractivity contribution in [1.29, 1.82) is 0 Å². The van der Waals surface area contributed by atoms with Crippen molar-refractivity contribution in [2.24, 2.45) is 0 Å². The molecule has 2 aromatic rings. The maximum Gasteiger partial charge on any atom is 0.00873 e. The van der Waals surface area contributed by atoms with Gasteiger partial charge in [0.2, 0.25) is 0 Å². The maximum atomic E-state index is 2.48. The molecule has 0 amide bonds. The van der Waals surface area contributed by atoms with E-state index in [0.29, 0.717) is 0 Å². The first-order chi connectivity index (χ1) is 11.7. The minimum Gasteiger partial charge on any atom is -0.0709 e. The summed E-state index contributed by atoms with van der Waals surface area (Å²) in [7, 11) is 0. The van der Waals surface area contributed by atoms with E-state index in [1.807, 2.05) is 0 Å². The van der Waals surface area contributed by atoms with E-state index in [-0.39, 0.29) is 10.8 Å². The van der Waals surface area contributed by atoms with Gasteiger partial charge in [0.25, 0.3) is 0 Å². The average molecular weight is 326 g/mol. The largest absolute Gasteiger partial charge is 0.0709 e. The van der Waals surface area contributed by atoms with E-state index in [1.54, 1.807) is 0 Å². The SMILES string of the molecule is CC1=CC(C)(C)c2cc3c(cc21)-c1cc2c(cc1C3)C(C)(C)C=C2C. The summed E-state index contributed by atoms with van der Waals surface area (Å²) in [6.45, 7) is 13.9. The molecular weight excluding hydrogens is 300 g/mol. The number of allylic oxidation sites excluding steroid dienone is 4. The fourth-order valence-corrected chi connectivity index (χ4v) is 5.40. The molecule has 0 heterocycles. The van der Waals surface area contributed by atoms with Crippen molar-refractivity contribution in [2.75, 3.05) is 0 Å². The molecule has 0 aromatic heterocycles. The molecule has 0 N–H and O–H groups in total. The molecule has 0 unspecified atom stereocenters. The molecule has 3 aliphatic rings. The summed E-state index contributed by atoms with van der Waals surface area (Å²) in [6, 6.07) is 9.89. The normalized spacial score (nSPS) is 20.6. The van der Waals surface area contributed by atoms with E-state index in [0.717, 1.165) is 6.42 Å². The number of benzene rings is 2. The quantitative estimate of drug-likeness (QED) is 0.434. The van der Waals surface area contributed by atoms with Crippen molar-refractivity contribution >= 4 is 11.1 Å². The fraction of sp³-hybridized carbons (Fsp3) is 0.360. The van der Waals surface area contributed by atoms with E-state index < -0.39 is 0 Å². The fourth-order valence-electron chi connectivity index (χ4n) is 5.40. The van der Waals surface area contributed by atoms with Crippen molar-refractivity contribution < 1.29 is 0 Å². The van der Waals surface area contributed by atoms with Crippen LogP contribution in [0.5, 0.6) is 0 Å². The first-order valence-corrected chi connectivity index (χ1v) is 9.42. The van der Waals surface area contributed by atoms with Crippen LogP contribution in [-0.4, -0.2) is 0 Å². The van der Waals surface area contributed by atoms with E-state index in [4.69, 9.17) is 0 Å². The van der Waals surface area contributed by atoms with Crippen LogP contribution in [0.25, 0.3) is 22.3 Å². The van der Waals surface area contributed by atoms with Gasteiger partial charge in [-0.3, -0.25) is 0 Å². The molecular formula is C25H26. The van der Waals surface area contributed by atoms with Gasteiger partial charge in [0.15, 0.2) is 0 Å². The molecule has 5 rings (SSSR count). The lowest BCUT2D eigenvalue weighted by molar-refractivity contribution is 0.681. The van der Waals surface area contributed by atoms with Crippen LogP contribution in [0.4, 0.5) is 0 Å². The van der Waals surface area contributed by atoms with Crippen LogP contribution < -0.4 is 0 Å². The highest BCUT2D eigenvalue weighted by Gasteiger charge is 2.34. The molecule has 0 nitrogen and oxygen atoms in total. The first kappa shape index (κ1) is 15.2. The summed E-state index contributed by atoms with van der Waals surface area (Å²) in [4.78, 5) is 0. The Kier molecular flexibility index (Phi) is 2.65. The summed E-state index contributed by atoms with van der Waals surface area (Å²) < 4.78 is 0. The van der Waals surface area contributed by atoms with Gasteiger partial charge in [0.05, 0.1) is 0 Å². The van der Waals surface area contributed by atoms with Crippen molar-refractivity contribution in [3.05, 3.63) is 69.8 Å². The van der Waals surface area contributed by atoms with Crippen LogP contribution in [0.3, 0.4) is 0 Å². The Morgan fingerprint density at radius 2 is 1.00 bits per heavy atom. The van der Waals surface area contributed by atoms with Crippen molar-refractivity contribution in [2.45, 2.75) is 58.8 Å². The van der Waals surface area contributed by atoms with Crippen LogP contribution in [0.15, 0.2) is 36.4 Å².